The molecule has 0 radical (unpaired) electrons. The van der Waals surface area contributed by atoms with Gasteiger partial charge in [0, 0.05) is 5.41 Å². The first-order valence-electron chi connectivity index (χ1n) is 4.10. The van der Waals surface area contributed by atoms with Crippen LogP contribution in [-0.2, 0) is 10.2 Å². The standard InChI is InChI=1S/C9H10O4/c10-7(8(11)12)9(2-3-9)6-1-4-13-5-6/h1,4-5,7,10H,2-3H2,(H,11,12). The van der Waals surface area contributed by atoms with Gasteiger partial charge in [-0.15, -0.1) is 0 Å². The Bertz CT molecular complexity index is 310. The molecule has 70 valence electrons. The molecule has 1 heterocycles. The van der Waals surface area contributed by atoms with Crippen LogP contribution >= 0.6 is 0 Å². The number of aliphatic hydroxyl groups is 1. The summed E-state index contributed by atoms with van der Waals surface area (Å²) in [5, 5.41) is 18.1. The third-order valence-electron chi connectivity index (χ3n) is 2.64. The van der Waals surface area contributed by atoms with E-state index in [2.05, 4.69) is 0 Å². The van der Waals surface area contributed by atoms with Gasteiger partial charge in [0.2, 0.25) is 0 Å². The number of rotatable bonds is 3. The molecule has 1 aliphatic rings. The lowest BCUT2D eigenvalue weighted by molar-refractivity contribution is -0.148. The average molecular weight is 182 g/mol. The summed E-state index contributed by atoms with van der Waals surface area (Å²) in [6, 6.07) is 1.71. The maximum atomic E-state index is 10.6. The number of aliphatic carboxylic acids is 1. The van der Waals surface area contributed by atoms with Crippen molar-refractivity contribution in [2.24, 2.45) is 0 Å². The zero-order valence-corrected chi connectivity index (χ0v) is 6.93. The SMILES string of the molecule is O=C(O)C(O)C1(c2ccoc2)CC1. The summed E-state index contributed by atoms with van der Waals surface area (Å²) >= 11 is 0. The molecule has 0 bridgehead atoms. The lowest BCUT2D eigenvalue weighted by Gasteiger charge is -2.16. The Morgan fingerprint density at radius 2 is 2.31 bits per heavy atom. The van der Waals surface area contributed by atoms with Crippen LogP contribution in [0.1, 0.15) is 18.4 Å². The maximum absolute atomic E-state index is 10.6. The van der Waals surface area contributed by atoms with Crippen molar-refractivity contribution in [3.63, 3.8) is 0 Å². The van der Waals surface area contributed by atoms with Crippen LogP contribution in [0.3, 0.4) is 0 Å². The van der Waals surface area contributed by atoms with Gasteiger partial charge in [-0.25, -0.2) is 4.79 Å². The summed E-state index contributed by atoms with van der Waals surface area (Å²) in [4.78, 5) is 10.6. The number of carbonyl (C=O) groups is 1. The van der Waals surface area contributed by atoms with Gasteiger partial charge in [-0.05, 0) is 24.5 Å². The summed E-state index contributed by atoms with van der Waals surface area (Å²) in [6.07, 6.45) is 3.09. The van der Waals surface area contributed by atoms with Crippen LogP contribution in [0.4, 0.5) is 0 Å². The van der Waals surface area contributed by atoms with Crippen LogP contribution in [0.5, 0.6) is 0 Å². The Labute approximate surface area is 74.8 Å². The van der Waals surface area contributed by atoms with Crippen molar-refractivity contribution in [2.45, 2.75) is 24.4 Å². The van der Waals surface area contributed by atoms with Crippen LogP contribution in [0.25, 0.3) is 0 Å². The smallest absolute Gasteiger partial charge is 0.333 e. The topological polar surface area (TPSA) is 70.7 Å². The second-order valence-corrected chi connectivity index (χ2v) is 3.41. The second kappa shape index (κ2) is 2.60. The number of hydrogen-bond donors (Lipinski definition) is 2. The molecule has 1 aliphatic carbocycles. The monoisotopic (exact) mass is 182 g/mol. The predicted octanol–water partition coefficient (Wildman–Crippen LogP) is 0.757. The first kappa shape index (κ1) is 8.31. The van der Waals surface area contributed by atoms with Gasteiger partial charge in [-0.2, -0.15) is 0 Å². The van der Waals surface area contributed by atoms with E-state index in [0.29, 0.717) is 12.8 Å². The van der Waals surface area contributed by atoms with Gasteiger partial charge in [0.15, 0.2) is 6.10 Å². The number of hydrogen-bond acceptors (Lipinski definition) is 3. The Morgan fingerprint density at radius 1 is 1.62 bits per heavy atom. The maximum Gasteiger partial charge on any atom is 0.333 e. The molecule has 4 nitrogen and oxygen atoms in total. The van der Waals surface area contributed by atoms with E-state index in [1.807, 2.05) is 0 Å². The summed E-state index contributed by atoms with van der Waals surface area (Å²) in [5.41, 5.74) is 0.196. The fourth-order valence-corrected chi connectivity index (χ4v) is 1.64. The molecule has 1 unspecified atom stereocenters. The highest BCUT2D eigenvalue weighted by molar-refractivity contribution is 5.75. The summed E-state index contributed by atoms with van der Waals surface area (Å²) < 4.78 is 4.87. The Kier molecular flexibility index (Phi) is 1.66. The number of furan rings is 1. The predicted molar refractivity (Wildman–Crippen MR) is 43.3 cm³/mol. The van der Waals surface area contributed by atoms with E-state index in [-0.39, 0.29) is 0 Å². The highest BCUT2D eigenvalue weighted by Gasteiger charge is 2.54. The van der Waals surface area contributed by atoms with Crippen molar-refractivity contribution in [1.82, 2.24) is 0 Å². The van der Waals surface area contributed by atoms with Crippen LogP contribution in [-0.4, -0.2) is 22.3 Å². The van der Waals surface area contributed by atoms with E-state index >= 15 is 0 Å². The van der Waals surface area contributed by atoms with Gasteiger partial charge < -0.3 is 14.6 Å². The van der Waals surface area contributed by atoms with Gasteiger partial charge in [0.05, 0.1) is 12.5 Å². The van der Waals surface area contributed by atoms with E-state index < -0.39 is 17.5 Å². The molecule has 0 amide bonds. The van der Waals surface area contributed by atoms with Crippen molar-refractivity contribution >= 4 is 5.97 Å². The van der Waals surface area contributed by atoms with E-state index in [0.717, 1.165) is 5.56 Å². The van der Waals surface area contributed by atoms with E-state index in [4.69, 9.17) is 9.52 Å². The summed E-state index contributed by atoms with van der Waals surface area (Å²) in [7, 11) is 0. The Balaban J connectivity index is 2.27. The van der Waals surface area contributed by atoms with Gasteiger partial charge in [0.1, 0.15) is 0 Å². The fraction of sp³-hybridized carbons (Fsp3) is 0.444. The lowest BCUT2D eigenvalue weighted by Crippen LogP contribution is -2.33. The molecule has 1 aromatic heterocycles. The molecule has 4 heteroatoms. The molecular formula is C9H10O4. The van der Waals surface area contributed by atoms with Crippen molar-refractivity contribution in [1.29, 1.82) is 0 Å². The first-order chi connectivity index (χ1) is 6.17. The van der Waals surface area contributed by atoms with E-state index in [1.165, 1.54) is 12.5 Å². The van der Waals surface area contributed by atoms with Gasteiger partial charge in [-0.3, -0.25) is 0 Å². The van der Waals surface area contributed by atoms with E-state index in [1.54, 1.807) is 6.07 Å². The minimum Gasteiger partial charge on any atom is -0.479 e. The lowest BCUT2D eigenvalue weighted by atomic mass is 9.92. The zero-order valence-electron chi connectivity index (χ0n) is 6.93. The molecule has 2 rings (SSSR count). The average Bonchev–Trinajstić information content (AvgIpc) is 2.72. The number of carboxylic acids is 1. The largest absolute Gasteiger partial charge is 0.479 e. The molecule has 0 aromatic carbocycles. The minimum atomic E-state index is -1.31. The molecule has 0 saturated heterocycles. The first-order valence-corrected chi connectivity index (χ1v) is 4.10. The van der Waals surface area contributed by atoms with Crippen molar-refractivity contribution in [2.75, 3.05) is 0 Å². The second-order valence-electron chi connectivity index (χ2n) is 3.41. The summed E-state index contributed by atoms with van der Waals surface area (Å²) in [6.45, 7) is 0. The Hall–Kier alpha value is -1.29. The minimum absolute atomic E-state index is 0.584. The van der Waals surface area contributed by atoms with Crippen molar-refractivity contribution in [3.05, 3.63) is 24.2 Å². The molecule has 1 fully saturated rings. The van der Waals surface area contributed by atoms with Gasteiger partial charge >= 0.3 is 5.97 Å². The molecule has 0 spiro atoms. The van der Waals surface area contributed by atoms with Crippen LogP contribution < -0.4 is 0 Å². The number of carboxylic acid groups (broad SMARTS) is 1. The van der Waals surface area contributed by atoms with Crippen LogP contribution in [0.2, 0.25) is 0 Å². The third kappa shape index (κ3) is 1.14. The van der Waals surface area contributed by atoms with Crippen molar-refractivity contribution < 1.29 is 19.4 Å². The highest BCUT2D eigenvalue weighted by atomic mass is 16.4. The zero-order chi connectivity index (χ0) is 9.47. The quantitative estimate of drug-likeness (QED) is 0.723. The van der Waals surface area contributed by atoms with Gasteiger partial charge in [-0.1, -0.05) is 0 Å². The molecular weight excluding hydrogens is 172 g/mol. The van der Waals surface area contributed by atoms with Crippen LogP contribution in [0, 0.1) is 0 Å². The molecule has 2 N–H and O–H groups in total. The van der Waals surface area contributed by atoms with Gasteiger partial charge in [0.25, 0.3) is 0 Å². The molecule has 1 aromatic rings. The summed E-state index contributed by atoms with van der Waals surface area (Å²) in [5.74, 6) is -1.17. The number of aliphatic hydroxyl groups excluding tert-OH is 1. The molecule has 1 saturated carbocycles. The highest BCUT2D eigenvalue weighted by Crippen LogP contribution is 2.51. The van der Waals surface area contributed by atoms with E-state index in [9.17, 15) is 9.90 Å². The van der Waals surface area contributed by atoms with Crippen molar-refractivity contribution in [3.8, 4) is 0 Å². The van der Waals surface area contributed by atoms with Crippen LogP contribution in [0.15, 0.2) is 23.0 Å². The third-order valence-corrected chi connectivity index (χ3v) is 2.64. The fourth-order valence-electron chi connectivity index (χ4n) is 1.64. The molecule has 1 atom stereocenters. The molecule has 13 heavy (non-hydrogen) atoms. The Morgan fingerprint density at radius 3 is 2.69 bits per heavy atom. The normalized spacial score (nSPS) is 21.0. The molecule has 0 aliphatic heterocycles.